The first-order valence-electron chi connectivity index (χ1n) is 5.09. The first-order valence-corrected chi connectivity index (χ1v) is 9.08. The zero-order valence-corrected chi connectivity index (χ0v) is 13.3. The molecule has 5 N–H and O–H groups in total. The van der Waals surface area contributed by atoms with Gasteiger partial charge in [0, 0.05) is 16.7 Å². The number of hydrogen-bond acceptors (Lipinski definition) is 5. The summed E-state index contributed by atoms with van der Waals surface area (Å²) >= 11 is 3.19. The maximum Gasteiger partial charge on any atom is 0.240 e. The van der Waals surface area contributed by atoms with Crippen LogP contribution in [-0.2, 0) is 20.0 Å². The van der Waals surface area contributed by atoms with Crippen LogP contribution >= 0.6 is 15.9 Å². The lowest BCUT2D eigenvalue weighted by Crippen LogP contribution is -2.31. The summed E-state index contributed by atoms with van der Waals surface area (Å²) in [5.41, 5.74) is 6.39. The number of aryl methyl sites for hydroxylation is 1. The van der Waals surface area contributed by atoms with Crippen LogP contribution in [0.25, 0.3) is 0 Å². The van der Waals surface area contributed by atoms with Gasteiger partial charge in [-0.3, -0.25) is 0 Å². The number of sulfonamides is 2. The van der Waals surface area contributed by atoms with Crippen molar-refractivity contribution in [2.75, 3.05) is 18.0 Å². The molecule has 0 aliphatic carbocycles. The molecule has 0 heterocycles. The van der Waals surface area contributed by atoms with Gasteiger partial charge in [-0.15, -0.1) is 0 Å². The molecule has 0 saturated carbocycles. The Morgan fingerprint density at radius 1 is 1.26 bits per heavy atom. The van der Waals surface area contributed by atoms with Gasteiger partial charge in [0.15, 0.2) is 0 Å². The average Bonchev–Trinajstić information content (AvgIpc) is 2.20. The number of nitrogens with two attached hydrogens (primary N) is 2. The quantitative estimate of drug-likeness (QED) is 0.621. The van der Waals surface area contributed by atoms with Crippen molar-refractivity contribution in [3.05, 3.63) is 22.2 Å². The van der Waals surface area contributed by atoms with Crippen LogP contribution in [0.4, 0.5) is 5.69 Å². The van der Waals surface area contributed by atoms with E-state index in [4.69, 9.17) is 10.9 Å². The van der Waals surface area contributed by atoms with E-state index in [9.17, 15) is 16.8 Å². The topological polar surface area (TPSA) is 132 Å². The molecule has 0 aromatic heterocycles. The van der Waals surface area contributed by atoms with Crippen molar-refractivity contribution in [3.63, 3.8) is 0 Å². The average molecular weight is 372 g/mol. The number of halogens is 1. The molecule has 0 unspecified atom stereocenters. The van der Waals surface area contributed by atoms with Crippen molar-refractivity contribution in [3.8, 4) is 0 Å². The summed E-state index contributed by atoms with van der Waals surface area (Å²) in [6, 6.07) is 2.88. The van der Waals surface area contributed by atoms with Crippen molar-refractivity contribution in [1.29, 1.82) is 0 Å². The van der Waals surface area contributed by atoms with E-state index in [2.05, 4.69) is 20.7 Å². The third kappa shape index (κ3) is 4.73. The molecule has 10 heteroatoms. The number of nitrogens with one attached hydrogen (secondary N) is 1. The Morgan fingerprint density at radius 3 is 2.37 bits per heavy atom. The molecule has 0 radical (unpaired) electrons. The Kier molecular flexibility index (Phi) is 4.96. The molecule has 0 saturated heterocycles. The third-order valence-corrected chi connectivity index (χ3v) is 5.33. The SMILES string of the molecule is Cc1cc(Br)c(N)cc1S(=O)(=O)NCCS(N)(=O)=O. The summed E-state index contributed by atoms with van der Waals surface area (Å²) in [4.78, 5) is 0.00243. The molecule has 19 heavy (non-hydrogen) atoms. The Morgan fingerprint density at radius 2 is 1.84 bits per heavy atom. The van der Waals surface area contributed by atoms with Gasteiger partial charge in [0.2, 0.25) is 20.0 Å². The van der Waals surface area contributed by atoms with E-state index in [1.54, 1.807) is 13.0 Å². The molecule has 0 amide bonds. The minimum absolute atomic E-state index is 0.00243. The van der Waals surface area contributed by atoms with Crippen molar-refractivity contribution in [1.82, 2.24) is 4.72 Å². The lowest BCUT2D eigenvalue weighted by molar-refractivity contribution is 0.581. The van der Waals surface area contributed by atoms with Gasteiger partial charge in [0.25, 0.3) is 0 Å². The Hall–Kier alpha value is -0.680. The van der Waals surface area contributed by atoms with Crippen LogP contribution < -0.4 is 15.6 Å². The minimum Gasteiger partial charge on any atom is -0.398 e. The Labute approximate surface area is 120 Å². The fraction of sp³-hybridized carbons (Fsp3) is 0.333. The Balaban J connectivity index is 2.98. The fourth-order valence-electron chi connectivity index (χ4n) is 1.35. The van der Waals surface area contributed by atoms with Crippen molar-refractivity contribution >= 4 is 41.7 Å². The molecule has 7 nitrogen and oxygen atoms in total. The summed E-state index contributed by atoms with van der Waals surface area (Å²) in [6.45, 7) is 1.31. The van der Waals surface area contributed by atoms with Crippen molar-refractivity contribution < 1.29 is 16.8 Å². The molecule has 0 spiro atoms. The van der Waals surface area contributed by atoms with Crippen molar-refractivity contribution in [2.24, 2.45) is 5.14 Å². The highest BCUT2D eigenvalue weighted by Crippen LogP contribution is 2.26. The second-order valence-electron chi connectivity index (χ2n) is 3.90. The normalized spacial score (nSPS) is 12.6. The molecular formula is C9H14BrN3O4S2. The molecule has 0 aliphatic rings. The molecular weight excluding hydrogens is 358 g/mol. The molecule has 1 rings (SSSR count). The minimum atomic E-state index is -3.82. The summed E-state index contributed by atoms with van der Waals surface area (Å²) in [7, 11) is -7.54. The van der Waals surface area contributed by atoms with Crippen LogP contribution in [-0.4, -0.2) is 29.1 Å². The number of rotatable bonds is 5. The van der Waals surface area contributed by atoms with Gasteiger partial charge < -0.3 is 5.73 Å². The maximum atomic E-state index is 12.0. The van der Waals surface area contributed by atoms with E-state index in [0.29, 0.717) is 10.0 Å². The monoisotopic (exact) mass is 371 g/mol. The summed E-state index contributed by atoms with van der Waals surface area (Å²) in [5, 5.41) is 4.79. The fourth-order valence-corrected chi connectivity index (χ4v) is 3.62. The first kappa shape index (κ1) is 16.4. The lowest BCUT2D eigenvalue weighted by Gasteiger charge is -2.10. The highest BCUT2D eigenvalue weighted by atomic mass is 79.9. The van der Waals surface area contributed by atoms with E-state index in [-0.39, 0.29) is 17.1 Å². The van der Waals surface area contributed by atoms with Gasteiger partial charge in [-0.2, -0.15) is 0 Å². The number of anilines is 1. The van der Waals surface area contributed by atoms with Gasteiger partial charge in [0.1, 0.15) is 0 Å². The first-order chi connectivity index (χ1) is 8.53. The van der Waals surface area contributed by atoms with Crippen LogP contribution in [0.5, 0.6) is 0 Å². The second kappa shape index (κ2) is 5.75. The summed E-state index contributed by atoms with van der Waals surface area (Å²) in [6.07, 6.45) is 0. The van der Waals surface area contributed by atoms with E-state index in [0.717, 1.165) is 0 Å². The lowest BCUT2D eigenvalue weighted by atomic mass is 10.2. The molecule has 1 aromatic rings. The van der Waals surface area contributed by atoms with E-state index in [1.807, 2.05) is 0 Å². The van der Waals surface area contributed by atoms with Gasteiger partial charge in [0.05, 0.1) is 10.6 Å². The van der Waals surface area contributed by atoms with E-state index in [1.165, 1.54) is 6.07 Å². The molecule has 108 valence electrons. The standard InChI is InChI=1S/C9H14BrN3O4S2/c1-6-4-7(10)8(11)5-9(6)19(16,17)13-2-3-18(12,14)15/h4-5,13H,2-3,11H2,1H3,(H2,12,14,15). The van der Waals surface area contributed by atoms with Crippen LogP contribution in [0.15, 0.2) is 21.5 Å². The number of benzene rings is 1. The van der Waals surface area contributed by atoms with Gasteiger partial charge in [-0.05, 0) is 40.5 Å². The smallest absolute Gasteiger partial charge is 0.240 e. The third-order valence-electron chi connectivity index (χ3n) is 2.26. The highest BCUT2D eigenvalue weighted by molar-refractivity contribution is 9.10. The van der Waals surface area contributed by atoms with Crippen LogP contribution in [0, 0.1) is 6.92 Å². The van der Waals surface area contributed by atoms with Crippen LogP contribution in [0.3, 0.4) is 0 Å². The van der Waals surface area contributed by atoms with E-state index >= 15 is 0 Å². The molecule has 1 aromatic carbocycles. The molecule has 0 bridgehead atoms. The van der Waals surface area contributed by atoms with Gasteiger partial charge in [-0.25, -0.2) is 26.7 Å². The Bertz CT molecular complexity index is 686. The highest BCUT2D eigenvalue weighted by Gasteiger charge is 2.18. The molecule has 0 aliphatic heterocycles. The number of primary sulfonamides is 1. The second-order valence-corrected chi connectivity index (χ2v) is 8.23. The van der Waals surface area contributed by atoms with Gasteiger partial charge >= 0.3 is 0 Å². The predicted octanol–water partition coefficient (Wildman–Crippen LogP) is -0.0935. The molecule has 0 atom stereocenters. The summed E-state index contributed by atoms with van der Waals surface area (Å²) in [5.74, 6) is -0.475. The largest absolute Gasteiger partial charge is 0.398 e. The zero-order chi connectivity index (χ0) is 14.8. The zero-order valence-electron chi connectivity index (χ0n) is 10.1. The molecule has 0 fully saturated rings. The van der Waals surface area contributed by atoms with Crippen LogP contribution in [0.2, 0.25) is 0 Å². The number of nitrogen functional groups attached to an aromatic ring is 1. The summed E-state index contributed by atoms with van der Waals surface area (Å²) < 4.78 is 48.2. The van der Waals surface area contributed by atoms with Crippen LogP contribution in [0.1, 0.15) is 5.56 Å². The van der Waals surface area contributed by atoms with E-state index < -0.39 is 25.8 Å². The maximum absolute atomic E-state index is 12.0. The number of hydrogen-bond donors (Lipinski definition) is 3. The predicted molar refractivity (Wildman–Crippen MR) is 76.5 cm³/mol. The van der Waals surface area contributed by atoms with Crippen molar-refractivity contribution in [2.45, 2.75) is 11.8 Å². The van der Waals surface area contributed by atoms with Gasteiger partial charge in [-0.1, -0.05) is 0 Å².